The van der Waals surface area contributed by atoms with Crippen LogP contribution in [-0.2, 0) is 11.4 Å². The van der Waals surface area contributed by atoms with Gasteiger partial charge < -0.3 is 14.8 Å². The molecule has 1 unspecified atom stereocenters. The average Bonchev–Trinajstić information content (AvgIpc) is 2.87. The van der Waals surface area contributed by atoms with Gasteiger partial charge in [0.1, 0.15) is 12.6 Å². The Morgan fingerprint density at radius 2 is 1.56 bits per heavy atom. The number of aryl methyl sites for hydroxylation is 2. The van der Waals surface area contributed by atoms with Gasteiger partial charge in [0.15, 0.2) is 11.5 Å². The summed E-state index contributed by atoms with van der Waals surface area (Å²) in [6, 6.07) is 20.0. The average molecular weight is 488 g/mol. The molecule has 188 valence electrons. The van der Waals surface area contributed by atoms with E-state index in [0.29, 0.717) is 23.7 Å². The van der Waals surface area contributed by atoms with E-state index >= 15 is 0 Å². The SMILES string of the molecule is COc1cc(C=NNC(=O)C(NC(=O)c2ccc(C)cc2)C(C)C)ccc1OCc1ccc(C)cc1. The Kier molecular flexibility index (Phi) is 9.22. The maximum absolute atomic E-state index is 12.7. The molecule has 0 spiro atoms. The van der Waals surface area contributed by atoms with E-state index in [1.807, 2.05) is 70.2 Å². The van der Waals surface area contributed by atoms with Crippen molar-refractivity contribution < 1.29 is 19.1 Å². The molecule has 7 heteroatoms. The fraction of sp³-hybridized carbons (Fsp3) is 0.276. The number of nitrogens with one attached hydrogen (secondary N) is 2. The zero-order valence-corrected chi connectivity index (χ0v) is 21.4. The second-order valence-electron chi connectivity index (χ2n) is 8.98. The van der Waals surface area contributed by atoms with Gasteiger partial charge in [0.2, 0.25) is 0 Å². The Bertz CT molecular complexity index is 1200. The van der Waals surface area contributed by atoms with Crippen LogP contribution in [0.2, 0.25) is 0 Å². The van der Waals surface area contributed by atoms with Gasteiger partial charge in [-0.25, -0.2) is 5.43 Å². The van der Waals surface area contributed by atoms with Crippen LogP contribution in [-0.4, -0.2) is 31.2 Å². The second kappa shape index (κ2) is 12.5. The van der Waals surface area contributed by atoms with Crippen molar-refractivity contribution in [2.45, 2.75) is 40.3 Å². The largest absolute Gasteiger partial charge is 0.493 e. The minimum atomic E-state index is -0.733. The van der Waals surface area contributed by atoms with Gasteiger partial charge in [-0.1, -0.05) is 61.4 Å². The van der Waals surface area contributed by atoms with E-state index < -0.39 is 11.9 Å². The van der Waals surface area contributed by atoms with Crippen molar-refractivity contribution in [1.29, 1.82) is 0 Å². The quantitative estimate of drug-likeness (QED) is 0.318. The molecule has 0 bridgehead atoms. The number of ether oxygens (including phenoxy) is 2. The van der Waals surface area contributed by atoms with E-state index in [-0.39, 0.29) is 11.8 Å². The van der Waals surface area contributed by atoms with Crippen LogP contribution in [0.5, 0.6) is 11.5 Å². The lowest BCUT2D eigenvalue weighted by atomic mass is 10.0. The number of hydrogen-bond acceptors (Lipinski definition) is 5. The van der Waals surface area contributed by atoms with Crippen LogP contribution in [0.3, 0.4) is 0 Å². The topological polar surface area (TPSA) is 89.0 Å². The number of hydrogen-bond donors (Lipinski definition) is 2. The number of carbonyl (C=O) groups excluding carboxylic acids is 2. The zero-order chi connectivity index (χ0) is 26.1. The molecule has 0 fully saturated rings. The monoisotopic (exact) mass is 487 g/mol. The van der Waals surface area contributed by atoms with Crippen LogP contribution in [0.1, 0.15) is 46.5 Å². The van der Waals surface area contributed by atoms with Crippen LogP contribution in [0, 0.1) is 19.8 Å². The van der Waals surface area contributed by atoms with Gasteiger partial charge in [-0.05, 0) is 61.2 Å². The molecule has 1 atom stereocenters. The molecule has 0 heterocycles. The number of methoxy groups -OCH3 is 1. The summed E-state index contributed by atoms with van der Waals surface area (Å²) >= 11 is 0. The Hall–Kier alpha value is -4.13. The van der Waals surface area contributed by atoms with Crippen molar-refractivity contribution in [3.05, 3.63) is 94.5 Å². The van der Waals surface area contributed by atoms with Gasteiger partial charge in [0, 0.05) is 5.56 Å². The van der Waals surface area contributed by atoms with E-state index in [9.17, 15) is 9.59 Å². The van der Waals surface area contributed by atoms with Crippen molar-refractivity contribution in [3.8, 4) is 11.5 Å². The lowest BCUT2D eigenvalue weighted by Gasteiger charge is -2.20. The van der Waals surface area contributed by atoms with E-state index in [0.717, 1.165) is 16.7 Å². The van der Waals surface area contributed by atoms with Gasteiger partial charge in [-0.3, -0.25) is 9.59 Å². The summed E-state index contributed by atoms with van der Waals surface area (Å²) < 4.78 is 11.4. The lowest BCUT2D eigenvalue weighted by molar-refractivity contribution is -0.123. The van der Waals surface area contributed by atoms with Crippen LogP contribution >= 0.6 is 0 Å². The van der Waals surface area contributed by atoms with Crippen LogP contribution in [0.25, 0.3) is 0 Å². The molecular formula is C29H33N3O4. The molecule has 3 rings (SSSR count). The number of rotatable bonds is 10. The van der Waals surface area contributed by atoms with Gasteiger partial charge in [0.05, 0.1) is 13.3 Å². The Morgan fingerprint density at radius 1 is 0.917 bits per heavy atom. The molecule has 7 nitrogen and oxygen atoms in total. The first-order valence-electron chi connectivity index (χ1n) is 11.8. The Morgan fingerprint density at radius 3 is 2.17 bits per heavy atom. The number of amides is 2. The van der Waals surface area contributed by atoms with E-state index in [1.165, 1.54) is 11.8 Å². The summed E-state index contributed by atoms with van der Waals surface area (Å²) in [6.07, 6.45) is 1.52. The third-order valence-electron chi connectivity index (χ3n) is 5.64. The van der Waals surface area contributed by atoms with Crippen molar-refractivity contribution >= 4 is 18.0 Å². The highest BCUT2D eigenvalue weighted by Crippen LogP contribution is 2.28. The predicted molar refractivity (Wildman–Crippen MR) is 142 cm³/mol. The molecule has 3 aromatic carbocycles. The Balaban J connectivity index is 1.60. The molecule has 36 heavy (non-hydrogen) atoms. The molecule has 0 aromatic heterocycles. The summed E-state index contributed by atoms with van der Waals surface area (Å²) in [7, 11) is 1.57. The normalized spacial score (nSPS) is 11.8. The van der Waals surface area contributed by atoms with E-state index in [2.05, 4.69) is 15.8 Å². The standard InChI is InChI=1S/C29H33N3O4/c1-19(2)27(31-28(33)24-13-8-21(4)9-14-24)29(34)32-30-17-23-12-15-25(26(16-23)35-5)36-18-22-10-6-20(3)7-11-22/h6-17,19,27H,18H2,1-5H3,(H,31,33)(H,32,34). The highest BCUT2D eigenvalue weighted by molar-refractivity contribution is 5.97. The fourth-order valence-corrected chi connectivity index (χ4v) is 3.43. The number of hydrazone groups is 1. The van der Waals surface area contributed by atoms with Gasteiger partial charge >= 0.3 is 0 Å². The summed E-state index contributed by atoms with van der Waals surface area (Å²) in [4.78, 5) is 25.3. The minimum Gasteiger partial charge on any atom is -0.493 e. The molecule has 0 saturated carbocycles. The molecule has 2 N–H and O–H groups in total. The second-order valence-corrected chi connectivity index (χ2v) is 8.98. The smallest absolute Gasteiger partial charge is 0.262 e. The van der Waals surface area contributed by atoms with E-state index in [1.54, 1.807) is 31.4 Å². The maximum Gasteiger partial charge on any atom is 0.262 e. The predicted octanol–water partition coefficient (Wildman–Crippen LogP) is 4.80. The van der Waals surface area contributed by atoms with Gasteiger partial charge in [-0.15, -0.1) is 0 Å². The van der Waals surface area contributed by atoms with Crippen LogP contribution in [0.4, 0.5) is 0 Å². The Labute approximate surface area is 212 Å². The fourth-order valence-electron chi connectivity index (χ4n) is 3.43. The lowest BCUT2D eigenvalue weighted by Crippen LogP contribution is -2.48. The van der Waals surface area contributed by atoms with Crippen molar-refractivity contribution in [3.63, 3.8) is 0 Å². The molecule has 2 amide bonds. The maximum atomic E-state index is 12.7. The number of benzene rings is 3. The molecule has 0 aliphatic carbocycles. The molecule has 0 radical (unpaired) electrons. The first-order chi connectivity index (χ1) is 17.3. The summed E-state index contributed by atoms with van der Waals surface area (Å²) in [6.45, 7) is 8.14. The first-order valence-corrected chi connectivity index (χ1v) is 11.8. The van der Waals surface area contributed by atoms with Gasteiger partial charge in [0.25, 0.3) is 11.8 Å². The highest BCUT2D eigenvalue weighted by atomic mass is 16.5. The third-order valence-corrected chi connectivity index (χ3v) is 5.64. The van der Waals surface area contributed by atoms with Crippen LogP contribution in [0.15, 0.2) is 71.8 Å². The van der Waals surface area contributed by atoms with E-state index in [4.69, 9.17) is 9.47 Å². The molecular weight excluding hydrogens is 454 g/mol. The number of carbonyl (C=O) groups is 2. The molecule has 3 aromatic rings. The zero-order valence-electron chi connectivity index (χ0n) is 21.4. The summed E-state index contributed by atoms with van der Waals surface area (Å²) in [5.74, 6) is 0.339. The minimum absolute atomic E-state index is 0.125. The first kappa shape index (κ1) is 26.5. The summed E-state index contributed by atoms with van der Waals surface area (Å²) in [5.41, 5.74) is 7.06. The third kappa shape index (κ3) is 7.43. The van der Waals surface area contributed by atoms with Crippen molar-refractivity contribution in [1.82, 2.24) is 10.7 Å². The molecule has 0 aliphatic rings. The van der Waals surface area contributed by atoms with Gasteiger partial charge in [-0.2, -0.15) is 5.10 Å². The number of nitrogens with zero attached hydrogens (tertiary/aromatic N) is 1. The van der Waals surface area contributed by atoms with Crippen molar-refractivity contribution in [2.75, 3.05) is 7.11 Å². The molecule has 0 aliphatic heterocycles. The summed E-state index contributed by atoms with van der Waals surface area (Å²) in [5, 5.41) is 6.87. The molecule has 0 saturated heterocycles. The van der Waals surface area contributed by atoms with Crippen LogP contribution < -0.4 is 20.2 Å². The van der Waals surface area contributed by atoms with Crippen molar-refractivity contribution in [2.24, 2.45) is 11.0 Å². The highest BCUT2D eigenvalue weighted by Gasteiger charge is 2.24.